The fourth-order valence-electron chi connectivity index (χ4n) is 3.59. The molecular weight excluding hydrogens is 188 g/mol. The minimum absolute atomic E-state index is 0.893. The summed E-state index contributed by atoms with van der Waals surface area (Å²) in [4.78, 5) is 0. The number of fused-ring (bicyclic) bond motifs is 2. The Morgan fingerprint density at radius 1 is 1.13 bits per heavy atom. The molecule has 1 aliphatic heterocycles. The minimum Gasteiger partial charge on any atom is -0.379 e. The van der Waals surface area contributed by atoms with Crippen molar-refractivity contribution in [3.05, 3.63) is 0 Å². The van der Waals surface area contributed by atoms with Gasteiger partial charge in [-0.25, -0.2) is 5.01 Å². The molecule has 15 heavy (non-hydrogen) atoms. The van der Waals surface area contributed by atoms with Gasteiger partial charge in [0.2, 0.25) is 0 Å². The topological polar surface area (TPSA) is 24.5 Å². The van der Waals surface area contributed by atoms with Crippen LogP contribution in [0, 0.1) is 17.8 Å². The third kappa shape index (κ3) is 2.19. The van der Waals surface area contributed by atoms with Crippen molar-refractivity contribution in [1.82, 2.24) is 10.4 Å². The van der Waals surface area contributed by atoms with Crippen LogP contribution in [0.15, 0.2) is 0 Å². The lowest BCUT2D eigenvalue weighted by molar-refractivity contribution is 0.00770. The Balaban J connectivity index is 1.42. The molecule has 2 aliphatic carbocycles. The Labute approximate surface area is 92.1 Å². The summed E-state index contributed by atoms with van der Waals surface area (Å²) < 4.78 is 5.34. The number of hydrazine groups is 1. The van der Waals surface area contributed by atoms with Crippen LogP contribution < -0.4 is 5.43 Å². The fourth-order valence-corrected chi connectivity index (χ4v) is 3.59. The number of ether oxygens (including phenoxy) is 1. The van der Waals surface area contributed by atoms with Crippen LogP contribution in [0.3, 0.4) is 0 Å². The van der Waals surface area contributed by atoms with Crippen LogP contribution in [0.5, 0.6) is 0 Å². The zero-order valence-corrected chi connectivity index (χ0v) is 9.45. The van der Waals surface area contributed by atoms with Crippen LogP contribution in [-0.2, 0) is 4.74 Å². The van der Waals surface area contributed by atoms with Crippen LogP contribution in [-0.4, -0.2) is 37.9 Å². The first-order valence-corrected chi connectivity index (χ1v) is 6.48. The van der Waals surface area contributed by atoms with E-state index in [2.05, 4.69) is 10.4 Å². The summed E-state index contributed by atoms with van der Waals surface area (Å²) in [7, 11) is 0. The van der Waals surface area contributed by atoms with Crippen LogP contribution in [0.4, 0.5) is 0 Å². The molecule has 0 aromatic rings. The second-order valence-electron chi connectivity index (χ2n) is 5.40. The van der Waals surface area contributed by atoms with E-state index in [0.717, 1.165) is 44.1 Å². The van der Waals surface area contributed by atoms with Crippen molar-refractivity contribution in [2.75, 3.05) is 32.8 Å². The van der Waals surface area contributed by atoms with E-state index in [9.17, 15) is 0 Å². The highest BCUT2D eigenvalue weighted by atomic mass is 16.5. The van der Waals surface area contributed by atoms with Crippen molar-refractivity contribution < 1.29 is 4.74 Å². The summed E-state index contributed by atoms with van der Waals surface area (Å²) in [5, 5.41) is 2.34. The van der Waals surface area contributed by atoms with E-state index in [1.54, 1.807) is 0 Å². The Kier molecular flexibility index (Phi) is 2.95. The summed E-state index contributed by atoms with van der Waals surface area (Å²) >= 11 is 0. The van der Waals surface area contributed by atoms with Gasteiger partial charge in [0.1, 0.15) is 0 Å². The maximum atomic E-state index is 5.34. The van der Waals surface area contributed by atoms with Gasteiger partial charge in [-0.15, -0.1) is 0 Å². The van der Waals surface area contributed by atoms with E-state index in [1.165, 1.54) is 32.2 Å². The smallest absolute Gasteiger partial charge is 0.0608 e. The predicted octanol–water partition coefficient (Wildman–Crippen LogP) is 1.26. The highest BCUT2D eigenvalue weighted by Gasteiger charge is 2.39. The number of hydrogen-bond donors (Lipinski definition) is 1. The van der Waals surface area contributed by atoms with Gasteiger partial charge in [0.25, 0.3) is 0 Å². The van der Waals surface area contributed by atoms with E-state index >= 15 is 0 Å². The minimum atomic E-state index is 0.893. The van der Waals surface area contributed by atoms with Gasteiger partial charge < -0.3 is 4.74 Å². The van der Waals surface area contributed by atoms with Gasteiger partial charge in [0.05, 0.1) is 13.2 Å². The summed E-state index contributed by atoms with van der Waals surface area (Å²) in [6.45, 7) is 5.11. The summed E-state index contributed by atoms with van der Waals surface area (Å²) in [5.41, 5.74) is 3.60. The lowest BCUT2D eigenvalue weighted by Crippen LogP contribution is -2.47. The van der Waals surface area contributed by atoms with Crippen LogP contribution in [0.2, 0.25) is 0 Å². The third-order valence-corrected chi connectivity index (χ3v) is 4.47. The van der Waals surface area contributed by atoms with Gasteiger partial charge in [-0.05, 0) is 37.0 Å². The SMILES string of the molecule is C1CN(NCC2CC3CCC2C3)CCO1. The lowest BCUT2D eigenvalue weighted by Gasteiger charge is -2.30. The summed E-state index contributed by atoms with van der Waals surface area (Å²) in [6, 6.07) is 0. The first-order chi connectivity index (χ1) is 7.42. The molecule has 3 heteroatoms. The largest absolute Gasteiger partial charge is 0.379 e. The van der Waals surface area contributed by atoms with Crippen molar-refractivity contribution in [3.63, 3.8) is 0 Å². The normalized spacial score (nSPS) is 41.2. The maximum Gasteiger partial charge on any atom is 0.0608 e. The fraction of sp³-hybridized carbons (Fsp3) is 1.00. The molecule has 3 rings (SSSR count). The van der Waals surface area contributed by atoms with Crippen molar-refractivity contribution >= 4 is 0 Å². The predicted molar refractivity (Wildman–Crippen MR) is 59.3 cm³/mol. The van der Waals surface area contributed by atoms with Crippen molar-refractivity contribution in [1.29, 1.82) is 0 Å². The first-order valence-electron chi connectivity index (χ1n) is 6.48. The molecule has 1 saturated heterocycles. The van der Waals surface area contributed by atoms with E-state index < -0.39 is 0 Å². The zero-order chi connectivity index (χ0) is 10.1. The first kappa shape index (κ1) is 10.1. The van der Waals surface area contributed by atoms with Crippen LogP contribution in [0.1, 0.15) is 25.7 Å². The number of rotatable bonds is 3. The molecule has 3 nitrogen and oxygen atoms in total. The molecule has 3 unspecified atom stereocenters. The van der Waals surface area contributed by atoms with Crippen molar-refractivity contribution in [3.8, 4) is 0 Å². The van der Waals surface area contributed by atoms with Gasteiger partial charge in [0.15, 0.2) is 0 Å². The molecule has 1 heterocycles. The molecule has 2 saturated carbocycles. The van der Waals surface area contributed by atoms with Crippen LogP contribution >= 0.6 is 0 Å². The molecule has 3 atom stereocenters. The number of morpholine rings is 1. The summed E-state index contributed by atoms with van der Waals surface area (Å²) in [5.74, 6) is 3.08. The van der Waals surface area contributed by atoms with E-state index in [4.69, 9.17) is 4.74 Å². The Morgan fingerprint density at radius 2 is 2.00 bits per heavy atom. The molecule has 2 bridgehead atoms. The highest BCUT2D eigenvalue weighted by molar-refractivity contribution is 4.90. The summed E-state index contributed by atoms with van der Waals surface area (Å²) in [6.07, 6.45) is 6.02. The molecule has 86 valence electrons. The Hall–Kier alpha value is -0.120. The molecule has 3 aliphatic rings. The monoisotopic (exact) mass is 210 g/mol. The quantitative estimate of drug-likeness (QED) is 0.759. The van der Waals surface area contributed by atoms with Gasteiger partial charge in [-0.2, -0.15) is 0 Å². The Bertz CT molecular complexity index is 216. The van der Waals surface area contributed by atoms with Crippen molar-refractivity contribution in [2.24, 2.45) is 17.8 Å². The van der Waals surface area contributed by atoms with Gasteiger partial charge in [-0.1, -0.05) is 6.42 Å². The lowest BCUT2D eigenvalue weighted by atomic mass is 9.89. The molecule has 0 spiro atoms. The van der Waals surface area contributed by atoms with Crippen molar-refractivity contribution in [2.45, 2.75) is 25.7 Å². The van der Waals surface area contributed by atoms with Gasteiger partial charge >= 0.3 is 0 Å². The number of nitrogens with zero attached hydrogens (tertiary/aromatic N) is 1. The van der Waals surface area contributed by atoms with E-state index in [1.807, 2.05) is 0 Å². The standard InChI is InChI=1S/C12H22N2O/c1-2-11-7-10(1)8-12(11)9-13-14-3-5-15-6-4-14/h10-13H,1-9H2. The molecule has 0 aromatic carbocycles. The van der Waals surface area contributed by atoms with Gasteiger partial charge in [0, 0.05) is 19.6 Å². The zero-order valence-electron chi connectivity index (χ0n) is 9.45. The Morgan fingerprint density at radius 3 is 2.67 bits per heavy atom. The molecule has 0 amide bonds. The van der Waals surface area contributed by atoms with Gasteiger partial charge in [-0.3, -0.25) is 5.43 Å². The van der Waals surface area contributed by atoms with E-state index in [-0.39, 0.29) is 0 Å². The maximum absolute atomic E-state index is 5.34. The van der Waals surface area contributed by atoms with Crippen LogP contribution in [0.25, 0.3) is 0 Å². The number of hydrogen-bond acceptors (Lipinski definition) is 3. The second kappa shape index (κ2) is 4.40. The molecule has 1 N–H and O–H groups in total. The molecule has 0 radical (unpaired) electrons. The number of nitrogens with one attached hydrogen (secondary N) is 1. The molecule has 3 fully saturated rings. The highest BCUT2D eigenvalue weighted by Crippen LogP contribution is 2.47. The average molecular weight is 210 g/mol. The average Bonchev–Trinajstić information content (AvgIpc) is 2.89. The second-order valence-corrected chi connectivity index (χ2v) is 5.40. The third-order valence-electron chi connectivity index (χ3n) is 4.47. The molecular formula is C12H22N2O. The molecule has 0 aromatic heterocycles. The van der Waals surface area contributed by atoms with E-state index in [0.29, 0.717) is 0 Å².